The molecule has 128 valence electrons. The first-order chi connectivity index (χ1) is 12.2. The van der Waals surface area contributed by atoms with E-state index in [0.29, 0.717) is 0 Å². The van der Waals surface area contributed by atoms with Crippen molar-refractivity contribution in [3.8, 4) is 11.5 Å². The van der Waals surface area contributed by atoms with Crippen LogP contribution in [-0.2, 0) is 0 Å². The molecule has 2 N–H and O–H groups in total. The zero-order valence-electron chi connectivity index (χ0n) is 13.9. The molecule has 2 aliphatic rings. The van der Waals surface area contributed by atoms with Crippen LogP contribution in [0.4, 0.5) is 11.4 Å². The maximum Gasteiger partial charge on any atom is 0.133 e. The highest BCUT2D eigenvalue weighted by Crippen LogP contribution is 2.28. The largest absolute Gasteiger partial charge is 0.457 e. The molecule has 2 aromatic carbocycles. The number of hydrazone groups is 2. The van der Waals surface area contributed by atoms with E-state index in [-0.39, 0.29) is 0 Å². The molecular weight excluding hydrogens is 320 g/mol. The first-order valence-corrected chi connectivity index (χ1v) is 7.72. The Labute approximate surface area is 145 Å². The fourth-order valence-corrected chi connectivity index (χ4v) is 2.45. The van der Waals surface area contributed by atoms with Gasteiger partial charge in [0, 0.05) is 26.2 Å². The van der Waals surface area contributed by atoms with Gasteiger partial charge in [-0.1, -0.05) is 12.1 Å². The summed E-state index contributed by atoms with van der Waals surface area (Å²) < 4.78 is 6.01. The van der Waals surface area contributed by atoms with Gasteiger partial charge in [-0.25, -0.2) is 20.3 Å². The molecule has 0 amide bonds. The predicted octanol–water partition coefficient (Wildman–Crippen LogP) is 1.71. The molecule has 25 heavy (non-hydrogen) atoms. The minimum atomic E-state index is 0.736. The highest BCUT2D eigenvalue weighted by Gasteiger charge is 2.14. The van der Waals surface area contributed by atoms with Crippen LogP contribution in [-0.4, -0.2) is 37.0 Å². The molecule has 0 unspecified atom stereocenters. The van der Waals surface area contributed by atoms with Crippen molar-refractivity contribution in [3.63, 3.8) is 0 Å². The van der Waals surface area contributed by atoms with Gasteiger partial charge < -0.3 is 4.74 Å². The Bertz CT molecular complexity index is 756. The number of benzene rings is 2. The number of nitrogens with zero attached hydrogens (tertiary/aromatic N) is 6. The Hall–Kier alpha value is -3.30. The molecule has 0 spiro atoms. The molecule has 0 saturated heterocycles. The van der Waals surface area contributed by atoms with Gasteiger partial charge in [0.2, 0.25) is 0 Å². The maximum atomic E-state index is 6.01. The second kappa shape index (κ2) is 6.30. The van der Waals surface area contributed by atoms with Gasteiger partial charge in [0.05, 0.1) is 11.4 Å². The first kappa shape index (κ1) is 15.2. The summed E-state index contributed by atoms with van der Waals surface area (Å²) in [6.07, 6.45) is 3.41. The molecule has 9 heteroatoms. The second-order valence-electron chi connectivity index (χ2n) is 5.55. The molecule has 4 rings (SSSR count). The smallest absolute Gasteiger partial charge is 0.133 e. The van der Waals surface area contributed by atoms with E-state index in [0.717, 1.165) is 22.9 Å². The molecule has 0 fully saturated rings. The zero-order chi connectivity index (χ0) is 17.2. The minimum Gasteiger partial charge on any atom is -0.457 e. The third-order valence-corrected chi connectivity index (χ3v) is 3.61. The van der Waals surface area contributed by atoms with E-state index < -0.39 is 0 Å². The summed E-state index contributed by atoms with van der Waals surface area (Å²) >= 11 is 0. The van der Waals surface area contributed by atoms with Crippen LogP contribution in [0.1, 0.15) is 0 Å². The van der Waals surface area contributed by atoms with Crippen LogP contribution < -0.4 is 25.8 Å². The molecule has 2 aliphatic heterocycles. The van der Waals surface area contributed by atoms with E-state index in [2.05, 4.69) is 21.3 Å². The van der Waals surface area contributed by atoms with E-state index in [1.807, 2.05) is 72.6 Å². The summed E-state index contributed by atoms with van der Waals surface area (Å²) in [5.41, 5.74) is 7.99. The van der Waals surface area contributed by atoms with Crippen molar-refractivity contribution in [3.05, 3.63) is 48.5 Å². The van der Waals surface area contributed by atoms with Crippen molar-refractivity contribution in [2.75, 3.05) is 24.1 Å². The van der Waals surface area contributed by atoms with Crippen LogP contribution in [0.2, 0.25) is 0 Å². The number of hydrogen-bond acceptors (Lipinski definition) is 9. The van der Waals surface area contributed by atoms with Crippen LogP contribution >= 0.6 is 0 Å². The Morgan fingerprint density at radius 1 is 0.760 bits per heavy atom. The summed E-state index contributed by atoms with van der Waals surface area (Å²) in [6, 6.07) is 15.5. The normalized spacial score (nSPS) is 16.2. The van der Waals surface area contributed by atoms with Gasteiger partial charge in [0.1, 0.15) is 24.2 Å². The lowest BCUT2D eigenvalue weighted by molar-refractivity contribution is 0.279. The van der Waals surface area contributed by atoms with Gasteiger partial charge in [-0.2, -0.15) is 0 Å². The zero-order valence-corrected chi connectivity index (χ0v) is 13.9. The molecule has 0 bridgehead atoms. The average Bonchev–Trinajstić information content (AvgIpc) is 3.24. The SMILES string of the molecule is CN1N=CN(c2cccc(Oc3cccc(N4C=NN(C)N4)c3)c2)N1. The fraction of sp³-hybridized carbons (Fsp3) is 0.125. The van der Waals surface area contributed by atoms with Crippen LogP contribution in [0.25, 0.3) is 0 Å². The minimum absolute atomic E-state index is 0.736. The number of anilines is 2. The highest BCUT2D eigenvalue weighted by molar-refractivity contribution is 5.80. The van der Waals surface area contributed by atoms with Crippen molar-refractivity contribution in [2.24, 2.45) is 10.2 Å². The molecule has 0 aliphatic carbocycles. The van der Waals surface area contributed by atoms with E-state index in [4.69, 9.17) is 4.74 Å². The van der Waals surface area contributed by atoms with Crippen LogP contribution in [0, 0.1) is 0 Å². The maximum absolute atomic E-state index is 6.01. The lowest BCUT2D eigenvalue weighted by atomic mass is 10.2. The van der Waals surface area contributed by atoms with Gasteiger partial charge in [-0.3, -0.25) is 0 Å². The number of hydrogen-bond donors (Lipinski definition) is 2. The monoisotopic (exact) mass is 338 g/mol. The predicted molar refractivity (Wildman–Crippen MR) is 96.7 cm³/mol. The van der Waals surface area contributed by atoms with Crippen molar-refractivity contribution >= 4 is 24.1 Å². The van der Waals surface area contributed by atoms with Gasteiger partial charge >= 0.3 is 0 Å². The Kier molecular flexibility index (Phi) is 3.84. The average molecular weight is 338 g/mol. The van der Waals surface area contributed by atoms with E-state index in [9.17, 15) is 0 Å². The Balaban J connectivity index is 1.51. The Morgan fingerprint density at radius 2 is 1.24 bits per heavy atom. The van der Waals surface area contributed by atoms with Crippen LogP contribution in [0.15, 0.2) is 58.7 Å². The summed E-state index contributed by atoms with van der Waals surface area (Å²) in [6.45, 7) is 0. The molecule has 2 heterocycles. The van der Waals surface area contributed by atoms with E-state index in [1.165, 1.54) is 0 Å². The van der Waals surface area contributed by atoms with Crippen molar-refractivity contribution < 1.29 is 4.74 Å². The lowest BCUT2D eigenvalue weighted by Crippen LogP contribution is -2.38. The third kappa shape index (κ3) is 3.32. The van der Waals surface area contributed by atoms with Gasteiger partial charge in [-0.15, -0.1) is 21.3 Å². The van der Waals surface area contributed by atoms with E-state index in [1.54, 1.807) is 22.9 Å². The second-order valence-corrected chi connectivity index (χ2v) is 5.55. The molecule has 0 saturated carbocycles. The van der Waals surface area contributed by atoms with E-state index >= 15 is 0 Å². The Morgan fingerprint density at radius 3 is 1.64 bits per heavy atom. The highest BCUT2D eigenvalue weighted by atomic mass is 16.5. The fourth-order valence-electron chi connectivity index (χ4n) is 2.45. The van der Waals surface area contributed by atoms with Crippen LogP contribution in [0.5, 0.6) is 11.5 Å². The summed E-state index contributed by atoms with van der Waals surface area (Å²) in [7, 11) is 3.66. The van der Waals surface area contributed by atoms with Crippen molar-refractivity contribution in [1.29, 1.82) is 0 Å². The first-order valence-electron chi connectivity index (χ1n) is 7.72. The van der Waals surface area contributed by atoms with Crippen LogP contribution in [0.3, 0.4) is 0 Å². The molecule has 0 atom stereocenters. The van der Waals surface area contributed by atoms with Crippen molar-refractivity contribution in [1.82, 2.24) is 21.3 Å². The topological polar surface area (TPSA) is 71.0 Å². The van der Waals surface area contributed by atoms with Gasteiger partial charge in [-0.05, 0) is 24.3 Å². The quantitative estimate of drug-likeness (QED) is 0.879. The lowest BCUT2D eigenvalue weighted by Gasteiger charge is -2.19. The number of ether oxygens (including phenoxy) is 1. The number of hydrazine groups is 4. The van der Waals surface area contributed by atoms with Crippen molar-refractivity contribution in [2.45, 2.75) is 0 Å². The molecule has 9 nitrogen and oxygen atoms in total. The number of nitrogens with one attached hydrogen (secondary N) is 2. The molecule has 0 radical (unpaired) electrons. The summed E-state index contributed by atoms with van der Waals surface area (Å²) in [4.78, 5) is 0. The molecule has 0 aromatic heterocycles. The summed E-state index contributed by atoms with van der Waals surface area (Å²) in [5.74, 6) is 1.47. The standard InChI is InChI=1S/C16H18N8O/c1-21-17-11-23(19-21)13-5-3-7-15(9-13)25-16-8-4-6-14(10-16)24-12-18-22(2)20-24/h3-12,19-20H,1-2H3. The third-order valence-electron chi connectivity index (χ3n) is 3.61. The molecule has 2 aromatic rings. The summed E-state index contributed by atoms with van der Waals surface area (Å²) in [5, 5.41) is 15.1. The number of rotatable bonds is 4. The van der Waals surface area contributed by atoms with Gasteiger partial charge in [0.25, 0.3) is 0 Å². The van der Waals surface area contributed by atoms with Gasteiger partial charge in [0.15, 0.2) is 0 Å². The molecular formula is C16H18N8O.